The summed E-state index contributed by atoms with van der Waals surface area (Å²) in [6.07, 6.45) is 0.888. The summed E-state index contributed by atoms with van der Waals surface area (Å²) >= 11 is 0. The van der Waals surface area contributed by atoms with Crippen molar-refractivity contribution in [1.29, 1.82) is 0 Å². The maximum Gasteiger partial charge on any atom is 0.317 e. The molecule has 0 fully saturated rings. The van der Waals surface area contributed by atoms with E-state index in [-0.39, 0.29) is 11.6 Å². The summed E-state index contributed by atoms with van der Waals surface area (Å²) in [5, 5.41) is 2.98. The number of rotatable bonds is 7. The molecule has 16 heavy (non-hydrogen) atoms. The van der Waals surface area contributed by atoms with Crippen molar-refractivity contribution in [3.05, 3.63) is 0 Å². The summed E-state index contributed by atoms with van der Waals surface area (Å²) < 4.78 is 4.96. The molecular weight excluding hydrogens is 206 g/mol. The summed E-state index contributed by atoms with van der Waals surface area (Å²) in [6, 6.07) is -0.0747. The summed E-state index contributed by atoms with van der Waals surface area (Å²) in [5.74, 6) is 0. The zero-order valence-corrected chi connectivity index (χ0v) is 10.9. The van der Waals surface area contributed by atoms with Gasteiger partial charge in [0.1, 0.15) is 0 Å². The maximum atomic E-state index is 11.9. The molecule has 96 valence electrons. The molecule has 0 aliphatic heterocycles. The van der Waals surface area contributed by atoms with Crippen molar-refractivity contribution < 1.29 is 9.53 Å². The van der Waals surface area contributed by atoms with Crippen LogP contribution in [0, 0.1) is 0 Å². The molecule has 0 bridgehead atoms. The lowest BCUT2D eigenvalue weighted by molar-refractivity contribution is 0.145. The number of carbonyl (C=O) groups excluding carboxylic acids is 1. The molecule has 0 heterocycles. The van der Waals surface area contributed by atoms with E-state index < -0.39 is 0 Å². The first-order valence-corrected chi connectivity index (χ1v) is 5.73. The minimum Gasteiger partial charge on any atom is -0.383 e. The first-order valence-electron chi connectivity index (χ1n) is 5.73. The molecule has 0 rings (SSSR count). The molecule has 2 amide bonds. The molecular formula is C11H25N3O2. The van der Waals surface area contributed by atoms with E-state index in [4.69, 9.17) is 10.5 Å². The third-order valence-corrected chi connectivity index (χ3v) is 2.58. The van der Waals surface area contributed by atoms with Crippen LogP contribution in [0.3, 0.4) is 0 Å². The van der Waals surface area contributed by atoms with Crippen molar-refractivity contribution in [3.63, 3.8) is 0 Å². The number of urea groups is 1. The number of amides is 2. The van der Waals surface area contributed by atoms with Crippen LogP contribution in [0.5, 0.6) is 0 Å². The van der Waals surface area contributed by atoms with Crippen molar-refractivity contribution in [1.82, 2.24) is 10.2 Å². The Balaban J connectivity index is 4.26. The third kappa shape index (κ3) is 5.92. The number of nitrogens with one attached hydrogen (secondary N) is 1. The van der Waals surface area contributed by atoms with Crippen molar-refractivity contribution in [2.24, 2.45) is 5.73 Å². The lowest BCUT2D eigenvalue weighted by Crippen LogP contribution is -2.51. The number of nitrogens with two attached hydrogens (primary N) is 1. The van der Waals surface area contributed by atoms with Gasteiger partial charge in [0, 0.05) is 32.3 Å². The van der Waals surface area contributed by atoms with Crippen LogP contribution < -0.4 is 11.1 Å². The molecule has 5 nitrogen and oxygen atoms in total. The first-order chi connectivity index (χ1) is 7.46. The Morgan fingerprint density at radius 3 is 2.50 bits per heavy atom. The summed E-state index contributed by atoms with van der Waals surface area (Å²) in [6.45, 7) is 8.16. The standard InChI is InChI=1S/C11H25N3O2/c1-5-11(2,3)13-10(15)14(7-6-12)8-9-16-4/h5-9,12H2,1-4H3,(H,13,15). The van der Waals surface area contributed by atoms with E-state index in [9.17, 15) is 4.79 Å². The van der Waals surface area contributed by atoms with Gasteiger partial charge in [-0.25, -0.2) is 4.79 Å². The SMILES string of the molecule is CCC(C)(C)NC(=O)N(CCN)CCOC. The molecule has 0 unspecified atom stereocenters. The second-order valence-electron chi connectivity index (χ2n) is 4.44. The Labute approximate surface area is 98.3 Å². The lowest BCUT2D eigenvalue weighted by atomic mass is 10.0. The average Bonchev–Trinajstić information content (AvgIpc) is 2.23. The van der Waals surface area contributed by atoms with Gasteiger partial charge in [-0.05, 0) is 20.3 Å². The fourth-order valence-electron chi connectivity index (χ4n) is 1.13. The molecule has 0 radical (unpaired) electrons. The minimum absolute atomic E-state index is 0.0747. The van der Waals surface area contributed by atoms with Crippen molar-refractivity contribution >= 4 is 6.03 Å². The normalized spacial score (nSPS) is 11.3. The van der Waals surface area contributed by atoms with Crippen LogP contribution >= 0.6 is 0 Å². The largest absolute Gasteiger partial charge is 0.383 e. The number of hydrogen-bond acceptors (Lipinski definition) is 3. The molecule has 0 aromatic rings. The molecule has 0 aliphatic rings. The fourth-order valence-corrected chi connectivity index (χ4v) is 1.13. The third-order valence-electron chi connectivity index (χ3n) is 2.58. The van der Waals surface area contributed by atoms with Crippen LogP contribution in [0.2, 0.25) is 0 Å². The molecule has 0 aromatic heterocycles. The predicted octanol–water partition coefficient (Wildman–Crippen LogP) is 0.792. The monoisotopic (exact) mass is 231 g/mol. The molecule has 0 atom stereocenters. The van der Waals surface area contributed by atoms with E-state index in [1.165, 1.54) is 0 Å². The number of carbonyl (C=O) groups is 1. The summed E-state index contributed by atoms with van der Waals surface area (Å²) in [5.41, 5.74) is 5.29. The van der Waals surface area contributed by atoms with Crippen LogP contribution in [0.1, 0.15) is 27.2 Å². The number of methoxy groups -OCH3 is 1. The Hall–Kier alpha value is -0.810. The van der Waals surface area contributed by atoms with Gasteiger partial charge in [0.05, 0.1) is 6.61 Å². The van der Waals surface area contributed by atoms with Gasteiger partial charge in [0.25, 0.3) is 0 Å². The Kier molecular flexibility index (Phi) is 7.08. The quantitative estimate of drug-likeness (QED) is 0.681. The molecule has 0 aliphatic carbocycles. The van der Waals surface area contributed by atoms with Crippen molar-refractivity contribution in [2.75, 3.05) is 33.4 Å². The van der Waals surface area contributed by atoms with Crippen LogP contribution in [-0.2, 0) is 4.74 Å². The van der Waals surface area contributed by atoms with Crippen LogP contribution in [-0.4, -0.2) is 49.8 Å². The van der Waals surface area contributed by atoms with Gasteiger partial charge in [-0.3, -0.25) is 0 Å². The Morgan fingerprint density at radius 1 is 1.44 bits per heavy atom. The van der Waals surface area contributed by atoms with E-state index in [0.717, 1.165) is 6.42 Å². The topological polar surface area (TPSA) is 67.6 Å². The molecule has 5 heteroatoms. The van der Waals surface area contributed by atoms with E-state index in [1.54, 1.807) is 12.0 Å². The second kappa shape index (κ2) is 7.46. The predicted molar refractivity (Wildman–Crippen MR) is 65.4 cm³/mol. The highest BCUT2D eigenvalue weighted by atomic mass is 16.5. The van der Waals surface area contributed by atoms with E-state index >= 15 is 0 Å². The molecule has 0 spiro atoms. The fraction of sp³-hybridized carbons (Fsp3) is 0.909. The summed E-state index contributed by atoms with van der Waals surface area (Å²) in [4.78, 5) is 13.6. The van der Waals surface area contributed by atoms with Crippen molar-refractivity contribution in [3.8, 4) is 0 Å². The van der Waals surface area contributed by atoms with Gasteiger partial charge < -0.3 is 20.7 Å². The van der Waals surface area contributed by atoms with Gasteiger partial charge in [0.2, 0.25) is 0 Å². The Morgan fingerprint density at radius 2 is 2.06 bits per heavy atom. The highest BCUT2D eigenvalue weighted by Crippen LogP contribution is 2.07. The zero-order chi connectivity index (χ0) is 12.6. The number of ether oxygens (including phenoxy) is 1. The number of nitrogens with zero attached hydrogens (tertiary/aromatic N) is 1. The van der Waals surface area contributed by atoms with Gasteiger partial charge in [-0.2, -0.15) is 0 Å². The molecule has 3 N–H and O–H groups in total. The Bertz CT molecular complexity index is 207. The van der Waals surface area contributed by atoms with Gasteiger partial charge >= 0.3 is 6.03 Å². The maximum absolute atomic E-state index is 11.9. The average molecular weight is 231 g/mol. The van der Waals surface area contributed by atoms with Crippen LogP contribution in [0.4, 0.5) is 4.79 Å². The summed E-state index contributed by atoms with van der Waals surface area (Å²) in [7, 11) is 1.62. The minimum atomic E-state index is -0.184. The van der Waals surface area contributed by atoms with Gasteiger partial charge in [0.15, 0.2) is 0 Å². The van der Waals surface area contributed by atoms with Crippen molar-refractivity contribution in [2.45, 2.75) is 32.7 Å². The smallest absolute Gasteiger partial charge is 0.317 e. The van der Waals surface area contributed by atoms with Crippen LogP contribution in [0.15, 0.2) is 0 Å². The van der Waals surface area contributed by atoms with E-state index in [1.807, 2.05) is 20.8 Å². The highest BCUT2D eigenvalue weighted by molar-refractivity contribution is 5.75. The second-order valence-corrected chi connectivity index (χ2v) is 4.44. The zero-order valence-electron chi connectivity index (χ0n) is 10.9. The highest BCUT2D eigenvalue weighted by Gasteiger charge is 2.21. The molecule has 0 aromatic carbocycles. The van der Waals surface area contributed by atoms with Gasteiger partial charge in [-0.1, -0.05) is 6.92 Å². The first kappa shape index (κ1) is 15.2. The molecule has 0 saturated heterocycles. The lowest BCUT2D eigenvalue weighted by Gasteiger charge is -2.30. The van der Waals surface area contributed by atoms with E-state index in [0.29, 0.717) is 26.2 Å². The van der Waals surface area contributed by atoms with E-state index in [2.05, 4.69) is 5.32 Å². The number of hydrogen-bond donors (Lipinski definition) is 2. The molecule has 0 saturated carbocycles. The van der Waals surface area contributed by atoms with Gasteiger partial charge in [-0.15, -0.1) is 0 Å². The van der Waals surface area contributed by atoms with Crippen LogP contribution in [0.25, 0.3) is 0 Å².